The number of aromatic nitrogens is 3. The number of rotatable bonds is 3. The average molecular weight is 492 g/mol. The highest BCUT2D eigenvalue weighted by Gasteiger charge is 2.40. The van der Waals surface area contributed by atoms with Gasteiger partial charge in [-0.05, 0) is 46.9 Å². The molecule has 3 rings (SSSR count). The lowest BCUT2D eigenvalue weighted by Gasteiger charge is -2.22. The molecule has 0 bridgehead atoms. The molecule has 0 saturated carbocycles. The summed E-state index contributed by atoms with van der Waals surface area (Å²) in [5, 5.41) is -0.120. The molecule has 0 aliphatic rings. The van der Waals surface area contributed by atoms with Crippen molar-refractivity contribution < 1.29 is 26.7 Å². The molecule has 1 aromatic carbocycles. The van der Waals surface area contributed by atoms with E-state index in [1.54, 1.807) is 27.0 Å². The third-order valence-electron chi connectivity index (χ3n) is 4.47. The van der Waals surface area contributed by atoms with Crippen molar-refractivity contribution in [3.63, 3.8) is 0 Å². The second-order valence-electron chi connectivity index (χ2n) is 8.03. The van der Waals surface area contributed by atoms with Crippen LogP contribution in [0.3, 0.4) is 0 Å². The van der Waals surface area contributed by atoms with E-state index in [9.17, 15) is 17.6 Å². The van der Waals surface area contributed by atoms with Crippen LogP contribution in [0, 0.1) is 25.5 Å². The summed E-state index contributed by atoms with van der Waals surface area (Å²) < 4.78 is 77.3. The zero-order valence-corrected chi connectivity index (χ0v) is 19.6. The van der Waals surface area contributed by atoms with Crippen LogP contribution < -0.4 is 4.74 Å². The van der Waals surface area contributed by atoms with Gasteiger partial charge in [-0.15, -0.1) is 0 Å². The van der Waals surface area contributed by atoms with Gasteiger partial charge in [0.1, 0.15) is 16.9 Å². The first-order chi connectivity index (χ1) is 14.7. The second kappa shape index (κ2) is 8.30. The minimum Gasteiger partial charge on any atom is -0.471 e. The van der Waals surface area contributed by atoms with Crippen molar-refractivity contribution in [3.05, 3.63) is 39.5 Å². The molecular weight excluding hydrogens is 473 g/mol. The van der Waals surface area contributed by atoms with Crippen molar-refractivity contribution in [2.24, 2.45) is 0 Å². The summed E-state index contributed by atoms with van der Waals surface area (Å²) in [6, 6.07) is 1.23. The number of aryl methyl sites for hydroxylation is 1. The van der Waals surface area contributed by atoms with E-state index in [1.165, 1.54) is 13.0 Å². The summed E-state index contributed by atoms with van der Waals surface area (Å²) in [5.74, 6) is -2.21. The molecule has 0 spiro atoms. The molecule has 2 heterocycles. The predicted octanol–water partition coefficient (Wildman–Crippen LogP) is 7.16. The van der Waals surface area contributed by atoms with E-state index in [4.69, 9.17) is 16.3 Å². The highest BCUT2D eigenvalue weighted by atomic mass is 35.5. The van der Waals surface area contributed by atoms with E-state index < -0.39 is 45.8 Å². The monoisotopic (exact) mass is 491 g/mol. The molecule has 172 valence electrons. The van der Waals surface area contributed by atoms with Gasteiger partial charge in [0.15, 0.2) is 11.0 Å². The number of hydrogen-bond acceptors (Lipinski definition) is 5. The Kier molecular flexibility index (Phi) is 6.34. The Morgan fingerprint density at radius 1 is 1.00 bits per heavy atom. The first kappa shape index (κ1) is 24.4. The molecule has 3 aromatic rings. The molecule has 0 unspecified atom stereocenters. The Bertz CT molecular complexity index is 1230. The lowest BCUT2D eigenvalue weighted by atomic mass is 9.98. The van der Waals surface area contributed by atoms with Gasteiger partial charge in [-0.1, -0.05) is 23.4 Å². The SMILES string of the molecule is CSc1nc(OC(C)(C)C)c2cc(Cl)c(-c3nc(C)c(F)c(C)c3C(F)(F)F)c(F)c2n1. The molecule has 0 fully saturated rings. The maximum absolute atomic E-state index is 15.7. The minimum absolute atomic E-state index is 0.0367. The average Bonchev–Trinajstić information content (AvgIpc) is 2.64. The number of benzene rings is 1. The molecule has 0 radical (unpaired) electrons. The van der Waals surface area contributed by atoms with Crippen LogP contribution in [0.5, 0.6) is 5.88 Å². The molecule has 0 aliphatic heterocycles. The molecule has 0 saturated heterocycles. The van der Waals surface area contributed by atoms with Crippen LogP contribution in [0.4, 0.5) is 22.0 Å². The zero-order valence-electron chi connectivity index (χ0n) is 18.0. The van der Waals surface area contributed by atoms with E-state index in [2.05, 4.69) is 15.0 Å². The highest BCUT2D eigenvalue weighted by molar-refractivity contribution is 7.98. The van der Waals surface area contributed by atoms with Crippen LogP contribution in [0.15, 0.2) is 11.2 Å². The highest BCUT2D eigenvalue weighted by Crippen LogP contribution is 2.44. The van der Waals surface area contributed by atoms with Gasteiger partial charge in [0.2, 0.25) is 5.88 Å². The van der Waals surface area contributed by atoms with Crippen LogP contribution in [-0.4, -0.2) is 26.8 Å². The summed E-state index contributed by atoms with van der Waals surface area (Å²) in [5.41, 5.74) is -4.81. The Morgan fingerprint density at radius 3 is 2.16 bits per heavy atom. The molecule has 0 N–H and O–H groups in total. The number of ether oxygens (including phenoxy) is 1. The number of thioether (sulfide) groups is 1. The van der Waals surface area contributed by atoms with Crippen molar-refractivity contribution in [1.82, 2.24) is 15.0 Å². The van der Waals surface area contributed by atoms with E-state index >= 15 is 4.39 Å². The molecule has 0 aliphatic carbocycles. The maximum Gasteiger partial charge on any atom is 0.418 e. The number of hydrogen-bond donors (Lipinski definition) is 0. The van der Waals surface area contributed by atoms with Crippen molar-refractivity contribution in [1.29, 1.82) is 0 Å². The molecular formula is C21H19ClF5N3OS. The van der Waals surface area contributed by atoms with Gasteiger partial charge in [-0.3, -0.25) is 0 Å². The van der Waals surface area contributed by atoms with Crippen molar-refractivity contribution in [2.75, 3.05) is 6.26 Å². The van der Waals surface area contributed by atoms with Crippen LogP contribution in [-0.2, 0) is 6.18 Å². The maximum atomic E-state index is 15.7. The Balaban J connectivity index is 2.45. The van der Waals surface area contributed by atoms with Gasteiger partial charge in [0.25, 0.3) is 0 Å². The number of halogens is 6. The summed E-state index contributed by atoms with van der Waals surface area (Å²) in [7, 11) is 0. The van der Waals surface area contributed by atoms with Gasteiger partial charge < -0.3 is 4.74 Å². The second-order valence-corrected chi connectivity index (χ2v) is 9.21. The van der Waals surface area contributed by atoms with Crippen molar-refractivity contribution in [3.8, 4) is 17.1 Å². The minimum atomic E-state index is -5.00. The molecule has 11 heteroatoms. The van der Waals surface area contributed by atoms with Gasteiger partial charge >= 0.3 is 6.18 Å². The molecule has 0 atom stereocenters. The van der Waals surface area contributed by atoms with Crippen molar-refractivity contribution >= 4 is 34.3 Å². The first-order valence-corrected chi connectivity index (χ1v) is 10.9. The van der Waals surface area contributed by atoms with Crippen molar-refractivity contribution in [2.45, 2.75) is 51.6 Å². The van der Waals surface area contributed by atoms with Crippen LogP contribution in [0.1, 0.15) is 37.6 Å². The Hall–Kier alpha value is -2.20. The quantitative estimate of drug-likeness (QED) is 0.221. The van der Waals surface area contributed by atoms with Gasteiger partial charge in [-0.2, -0.15) is 18.2 Å². The standard InChI is InChI=1S/C21H19ClF5N3OS/c1-8-13(21(25,26)27)17(28-9(2)14(8)23)12-11(22)7-10-16(15(12)24)29-19(32-6)30-18(10)31-20(3,4)5/h7H,1-6H3. The first-order valence-electron chi connectivity index (χ1n) is 9.32. The third-order valence-corrected chi connectivity index (χ3v) is 5.32. The lowest BCUT2D eigenvalue weighted by Crippen LogP contribution is -2.24. The fraction of sp³-hybridized carbons (Fsp3) is 0.381. The largest absolute Gasteiger partial charge is 0.471 e. The number of alkyl halides is 3. The van der Waals surface area contributed by atoms with E-state index in [1.807, 2.05) is 0 Å². The molecule has 2 aromatic heterocycles. The summed E-state index contributed by atoms with van der Waals surface area (Å²) in [6.07, 6.45) is -3.34. The molecule has 32 heavy (non-hydrogen) atoms. The van der Waals surface area contributed by atoms with Gasteiger partial charge in [-0.25, -0.2) is 18.7 Å². The number of pyridine rings is 1. The molecule has 0 amide bonds. The fourth-order valence-corrected chi connectivity index (χ4v) is 3.82. The topological polar surface area (TPSA) is 47.9 Å². The third kappa shape index (κ3) is 4.47. The van der Waals surface area contributed by atoms with Gasteiger partial charge in [0, 0.05) is 5.56 Å². The summed E-state index contributed by atoms with van der Waals surface area (Å²) >= 11 is 7.37. The summed E-state index contributed by atoms with van der Waals surface area (Å²) in [6.45, 7) is 7.44. The zero-order chi connectivity index (χ0) is 24.2. The van der Waals surface area contributed by atoms with E-state index in [0.717, 1.165) is 18.7 Å². The smallest absolute Gasteiger partial charge is 0.418 e. The summed E-state index contributed by atoms with van der Waals surface area (Å²) in [4.78, 5) is 12.1. The molecule has 4 nitrogen and oxygen atoms in total. The Morgan fingerprint density at radius 2 is 1.62 bits per heavy atom. The van der Waals surface area contributed by atoms with Crippen LogP contribution in [0.2, 0.25) is 5.02 Å². The van der Waals surface area contributed by atoms with E-state index in [0.29, 0.717) is 0 Å². The predicted molar refractivity (Wildman–Crippen MR) is 114 cm³/mol. The lowest BCUT2D eigenvalue weighted by molar-refractivity contribution is -0.138. The Labute approximate surface area is 190 Å². The van der Waals surface area contributed by atoms with E-state index in [-0.39, 0.29) is 32.7 Å². The van der Waals surface area contributed by atoms with Crippen LogP contribution >= 0.6 is 23.4 Å². The van der Waals surface area contributed by atoms with Gasteiger partial charge in [0.05, 0.1) is 32.9 Å². The number of nitrogens with zero attached hydrogens (tertiary/aromatic N) is 3. The van der Waals surface area contributed by atoms with Crippen LogP contribution in [0.25, 0.3) is 22.2 Å². The fourth-order valence-electron chi connectivity index (χ4n) is 3.18. The number of fused-ring (bicyclic) bond motifs is 1. The normalized spacial score (nSPS) is 12.5.